The predicted octanol–water partition coefficient (Wildman–Crippen LogP) is 24.9. The van der Waals surface area contributed by atoms with Gasteiger partial charge in [-0.15, -0.1) is 11.3 Å². The van der Waals surface area contributed by atoms with Crippen LogP contribution in [0.1, 0.15) is 0 Å². The Balaban J connectivity index is 0.801. The molecular weight excluding hydrogens is 1120 g/mol. The van der Waals surface area contributed by atoms with E-state index in [2.05, 4.69) is 337 Å². The first-order valence-corrected chi connectivity index (χ1v) is 32.2. The van der Waals surface area contributed by atoms with Crippen molar-refractivity contribution >= 4 is 118 Å². The lowest BCUT2D eigenvalue weighted by Gasteiger charge is -2.20. The molecule has 0 saturated carbocycles. The molecule has 0 saturated heterocycles. The highest BCUT2D eigenvalue weighted by Crippen LogP contribution is 2.51. The van der Waals surface area contributed by atoms with E-state index in [1.165, 1.54) is 185 Å². The predicted molar refractivity (Wildman–Crippen MR) is 391 cm³/mol. The molecule has 3 aromatic heterocycles. The summed E-state index contributed by atoms with van der Waals surface area (Å²) < 4.78 is 7.64. The molecule has 0 radical (unpaired) electrons. The topological polar surface area (TPSA) is 9.86 Å². The average Bonchev–Trinajstić information content (AvgIpc) is 1.75. The lowest BCUT2D eigenvalue weighted by molar-refractivity contribution is 1.21. The number of aromatic nitrogens is 2. The van der Waals surface area contributed by atoms with Crippen LogP contribution in [0.3, 0.4) is 0 Å². The number of thiophene rings is 1. The monoisotopic (exact) mass is 1170 g/mol. The summed E-state index contributed by atoms with van der Waals surface area (Å²) in [5.41, 5.74) is 21.7. The smallest absolute Gasteiger partial charge is 0.0619 e. The number of rotatable bonds is 8. The second-order valence-electron chi connectivity index (χ2n) is 24.2. The van der Waals surface area contributed by atoms with Crippen molar-refractivity contribution < 1.29 is 0 Å². The summed E-state index contributed by atoms with van der Waals surface area (Å²) in [6, 6.07) is 122. The van der Waals surface area contributed by atoms with Gasteiger partial charge in [-0.2, -0.15) is 0 Å². The number of hydrogen-bond acceptors (Lipinski definition) is 1. The molecule has 422 valence electrons. The van der Waals surface area contributed by atoms with Gasteiger partial charge < -0.3 is 9.13 Å². The molecule has 0 unspecified atom stereocenters. The van der Waals surface area contributed by atoms with Gasteiger partial charge in [-0.3, -0.25) is 0 Å². The number of fused-ring (bicyclic) bond motifs is 13. The van der Waals surface area contributed by atoms with Gasteiger partial charge in [0.25, 0.3) is 0 Å². The Hall–Kier alpha value is -11.6. The van der Waals surface area contributed by atoms with Crippen LogP contribution in [0.5, 0.6) is 0 Å². The highest BCUT2D eigenvalue weighted by molar-refractivity contribution is 7.26. The molecule has 0 amide bonds. The molecule has 91 heavy (non-hydrogen) atoms. The standard InChI is InChI=1S/C88H54N2S/c1-5-22-55(23-6-1)59-41-46-78-74(50-59)75-51-60(56-24-7-2-8-25-56)42-47-79(75)89(78)87-68-34-17-13-30-64(68)84(65-31-14-18-35-69(65)87)63-40-45-72-83(54-63)91-82-39-21-38-73(86(72)82)85-66-32-15-19-36-70(66)88(71-37-20-16-33-67(71)85)90-80-48-43-61(57-26-9-3-10-27-57)52-76(80)77-53-62(44-49-81(77)90)58-28-11-4-12-29-58/h1-54H. The first-order valence-electron chi connectivity index (χ1n) is 31.4. The molecule has 0 aliphatic rings. The van der Waals surface area contributed by atoms with Crippen LogP contribution in [-0.4, -0.2) is 9.13 Å². The number of hydrogen-bond donors (Lipinski definition) is 0. The van der Waals surface area contributed by atoms with Gasteiger partial charge in [0, 0.05) is 63.3 Å². The first-order chi connectivity index (χ1) is 45.2. The summed E-state index contributed by atoms with van der Waals surface area (Å²) in [4.78, 5) is 0. The Morgan fingerprint density at radius 2 is 0.505 bits per heavy atom. The van der Waals surface area contributed by atoms with Crippen molar-refractivity contribution in [3.63, 3.8) is 0 Å². The van der Waals surface area contributed by atoms with Crippen molar-refractivity contribution in [1.82, 2.24) is 9.13 Å². The van der Waals surface area contributed by atoms with Crippen LogP contribution in [0, 0.1) is 0 Å². The largest absolute Gasteiger partial charge is 0.308 e. The third-order valence-corrected chi connectivity index (χ3v) is 20.4. The molecule has 0 bridgehead atoms. The minimum atomic E-state index is 1.18. The summed E-state index contributed by atoms with van der Waals surface area (Å²) in [7, 11) is 0. The molecule has 0 aliphatic heterocycles. The minimum Gasteiger partial charge on any atom is -0.308 e. The number of benzene rings is 16. The van der Waals surface area contributed by atoms with Crippen LogP contribution in [0.25, 0.3) is 185 Å². The van der Waals surface area contributed by atoms with Crippen LogP contribution in [0.15, 0.2) is 328 Å². The SMILES string of the molecule is c1ccc(-c2ccc3c(c2)c2cc(-c4ccccc4)ccc2n3-c2c3ccccc3c(-c3ccc4c(c3)sc3cccc(-c5c6ccccc6c(-n6c7ccc(-c8ccccc8)cc7c7cc(-c8ccccc8)ccc76)c6ccccc56)c34)c3ccccc23)cc1. The fourth-order valence-electron chi connectivity index (χ4n) is 15.3. The zero-order chi connectivity index (χ0) is 59.7. The summed E-state index contributed by atoms with van der Waals surface area (Å²) in [6.45, 7) is 0. The Labute approximate surface area is 529 Å². The quantitative estimate of drug-likeness (QED) is 0.134. The summed E-state index contributed by atoms with van der Waals surface area (Å²) >= 11 is 1.90. The van der Waals surface area contributed by atoms with Crippen molar-refractivity contribution in [3.05, 3.63) is 328 Å². The van der Waals surface area contributed by atoms with Gasteiger partial charge in [-0.05, 0) is 149 Å². The Kier molecular flexibility index (Phi) is 11.6. The fourth-order valence-corrected chi connectivity index (χ4v) is 16.4. The zero-order valence-corrected chi connectivity index (χ0v) is 50.3. The van der Waals surface area contributed by atoms with E-state index in [4.69, 9.17) is 0 Å². The molecule has 0 N–H and O–H groups in total. The molecule has 19 rings (SSSR count). The van der Waals surface area contributed by atoms with Crippen molar-refractivity contribution in [1.29, 1.82) is 0 Å². The molecule has 0 atom stereocenters. The fraction of sp³-hybridized carbons (Fsp3) is 0. The first kappa shape index (κ1) is 51.4. The van der Waals surface area contributed by atoms with Crippen molar-refractivity contribution in [2.75, 3.05) is 0 Å². The van der Waals surface area contributed by atoms with Crippen molar-refractivity contribution in [3.8, 4) is 78.1 Å². The van der Waals surface area contributed by atoms with E-state index in [0.717, 1.165) is 0 Å². The number of nitrogens with zero attached hydrogens (tertiary/aromatic N) is 2. The van der Waals surface area contributed by atoms with Crippen LogP contribution in [0.4, 0.5) is 0 Å². The van der Waals surface area contributed by atoms with E-state index in [-0.39, 0.29) is 0 Å². The normalized spacial score (nSPS) is 12.0. The van der Waals surface area contributed by atoms with Gasteiger partial charge in [0.2, 0.25) is 0 Å². The maximum Gasteiger partial charge on any atom is 0.0619 e. The van der Waals surface area contributed by atoms with E-state index >= 15 is 0 Å². The maximum atomic E-state index is 2.55. The Morgan fingerprint density at radius 1 is 0.187 bits per heavy atom. The molecular formula is C88H54N2S. The summed E-state index contributed by atoms with van der Waals surface area (Å²) in [6.07, 6.45) is 0. The average molecular weight is 1170 g/mol. The minimum absolute atomic E-state index is 1.18. The van der Waals surface area contributed by atoms with E-state index in [0.29, 0.717) is 0 Å². The van der Waals surface area contributed by atoms with E-state index in [9.17, 15) is 0 Å². The highest BCUT2D eigenvalue weighted by atomic mass is 32.1. The molecule has 0 fully saturated rings. The van der Waals surface area contributed by atoms with E-state index in [1.54, 1.807) is 0 Å². The lowest BCUT2D eigenvalue weighted by atomic mass is 9.88. The van der Waals surface area contributed by atoms with Crippen LogP contribution < -0.4 is 0 Å². The van der Waals surface area contributed by atoms with Gasteiger partial charge in [-0.1, -0.05) is 267 Å². The maximum absolute atomic E-state index is 2.55. The molecule has 19 aromatic rings. The van der Waals surface area contributed by atoms with Gasteiger partial charge in [0.05, 0.1) is 33.4 Å². The molecule has 3 heteroatoms. The Morgan fingerprint density at radius 3 is 0.868 bits per heavy atom. The van der Waals surface area contributed by atoms with Crippen molar-refractivity contribution in [2.24, 2.45) is 0 Å². The zero-order valence-electron chi connectivity index (χ0n) is 49.5. The molecule has 3 heterocycles. The molecule has 0 spiro atoms. The van der Waals surface area contributed by atoms with Gasteiger partial charge in [0.15, 0.2) is 0 Å². The van der Waals surface area contributed by atoms with E-state index in [1.807, 2.05) is 11.3 Å². The lowest BCUT2D eigenvalue weighted by Crippen LogP contribution is -1.99. The van der Waals surface area contributed by atoms with Crippen molar-refractivity contribution in [2.45, 2.75) is 0 Å². The summed E-state index contributed by atoms with van der Waals surface area (Å²) in [5, 5.41) is 17.2. The highest BCUT2D eigenvalue weighted by Gasteiger charge is 2.26. The molecule has 0 aliphatic carbocycles. The van der Waals surface area contributed by atoms with Crippen LogP contribution >= 0.6 is 11.3 Å². The van der Waals surface area contributed by atoms with E-state index < -0.39 is 0 Å². The van der Waals surface area contributed by atoms with Crippen LogP contribution in [-0.2, 0) is 0 Å². The van der Waals surface area contributed by atoms with Gasteiger partial charge >= 0.3 is 0 Å². The van der Waals surface area contributed by atoms with Gasteiger partial charge in [0.1, 0.15) is 0 Å². The molecule has 2 nitrogen and oxygen atoms in total. The van der Waals surface area contributed by atoms with Crippen LogP contribution in [0.2, 0.25) is 0 Å². The summed E-state index contributed by atoms with van der Waals surface area (Å²) in [5.74, 6) is 0. The third-order valence-electron chi connectivity index (χ3n) is 19.3. The second kappa shape index (κ2) is 20.5. The van der Waals surface area contributed by atoms with Gasteiger partial charge in [-0.25, -0.2) is 0 Å². The molecule has 16 aromatic carbocycles. The Bertz CT molecular complexity index is 5860. The third kappa shape index (κ3) is 7.98. The second-order valence-corrected chi connectivity index (χ2v) is 25.3.